The summed E-state index contributed by atoms with van der Waals surface area (Å²) in [4.78, 5) is 12.3. The Bertz CT molecular complexity index is 755. The predicted molar refractivity (Wildman–Crippen MR) is 89.2 cm³/mol. The molecule has 0 aliphatic rings. The lowest BCUT2D eigenvalue weighted by molar-refractivity contribution is -0.141. The molecular formula is C18H22F3N3O. The van der Waals surface area contributed by atoms with Crippen molar-refractivity contribution in [2.24, 2.45) is 7.05 Å². The van der Waals surface area contributed by atoms with Crippen LogP contribution in [-0.2, 0) is 18.6 Å². The summed E-state index contributed by atoms with van der Waals surface area (Å²) in [6.45, 7) is 8.00. The average molecular weight is 353 g/mol. The third kappa shape index (κ3) is 4.41. The maximum Gasteiger partial charge on any atom is 0.435 e. The molecule has 1 aromatic carbocycles. The lowest BCUT2D eigenvalue weighted by Crippen LogP contribution is -2.28. The lowest BCUT2D eigenvalue weighted by Gasteiger charge is -2.20. The van der Waals surface area contributed by atoms with Gasteiger partial charge in [-0.25, -0.2) is 0 Å². The van der Waals surface area contributed by atoms with Crippen LogP contribution in [0.1, 0.15) is 60.9 Å². The van der Waals surface area contributed by atoms with Crippen LogP contribution in [0.2, 0.25) is 0 Å². The minimum Gasteiger partial charge on any atom is -0.345 e. The topological polar surface area (TPSA) is 46.9 Å². The van der Waals surface area contributed by atoms with Crippen molar-refractivity contribution in [1.29, 1.82) is 0 Å². The van der Waals surface area contributed by atoms with E-state index in [0.29, 0.717) is 0 Å². The van der Waals surface area contributed by atoms with Crippen LogP contribution in [0.5, 0.6) is 0 Å². The van der Waals surface area contributed by atoms with Crippen LogP contribution < -0.4 is 5.32 Å². The van der Waals surface area contributed by atoms with Gasteiger partial charge in [-0.05, 0) is 23.5 Å². The van der Waals surface area contributed by atoms with Gasteiger partial charge in [0.05, 0.1) is 11.6 Å². The average Bonchev–Trinajstić information content (AvgIpc) is 2.89. The zero-order valence-electron chi connectivity index (χ0n) is 14.9. The van der Waals surface area contributed by atoms with E-state index in [1.165, 1.54) is 7.05 Å². The van der Waals surface area contributed by atoms with Gasteiger partial charge in [-0.3, -0.25) is 9.48 Å². The van der Waals surface area contributed by atoms with Crippen LogP contribution in [-0.4, -0.2) is 15.7 Å². The molecule has 0 fully saturated rings. The Hall–Kier alpha value is -2.31. The van der Waals surface area contributed by atoms with E-state index in [0.717, 1.165) is 22.0 Å². The molecule has 136 valence electrons. The molecule has 0 aliphatic heterocycles. The van der Waals surface area contributed by atoms with Crippen molar-refractivity contribution in [3.05, 3.63) is 52.8 Å². The molecule has 0 spiro atoms. The Labute approximate surface area is 145 Å². The van der Waals surface area contributed by atoms with Gasteiger partial charge in [-0.2, -0.15) is 18.3 Å². The minimum atomic E-state index is -4.68. The third-order valence-corrected chi connectivity index (χ3v) is 3.97. The summed E-state index contributed by atoms with van der Waals surface area (Å²) in [5.74, 6) is -0.798. The smallest absolute Gasteiger partial charge is 0.345 e. The number of hydrogen-bond acceptors (Lipinski definition) is 2. The fraction of sp³-hybridized carbons (Fsp3) is 0.444. The lowest BCUT2D eigenvalue weighted by atomic mass is 9.86. The molecule has 4 nitrogen and oxygen atoms in total. The monoisotopic (exact) mass is 353 g/mol. The first-order valence-corrected chi connectivity index (χ1v) is 7.91. The summed E-state index contributed by atoms with van der Waals surface area (Å²) in [6, 6.07) is 7.24. The van der Waals surface area contributed by atoms with Crippen LogP contribution in [0.3, 0.4) is 0 Å². The molecule has 1 unspecified atom stereocenters. The molecular weight excluding hydrogens is 331 g/mol. The normalized spacial score (nSPS) is 13.6. The molecule has 2 aromatic rings. The van der Waals surface area contributed by atoms with E-state index in [2.05, 4.69) is 31.2 Å². The highest BCUT2D eigenvalue weighted by Gasteiger charge is 2.39. The maximum absolute atomic E-state index is 13.0. The second-order valence-corrected chi connectivity index (χ2v) is 7.13. The second-order valence-electron chi connectivity index (χ2n) is 7.13. The molecule has 2 rings (SSSR count). The first-order valence-electron chi connectivity index (χ1n) is 7.91. The fourth-order valence-corrected chi connectivity index (χ4v) is 2.49. The summed E-state index contributed by atoms with van der Waals surface area (Å²) < 4.78 is 39.9. The molecule has 1 amide bonds. The molecule has 1 atom stereocenters. The first kappa shape index (κ1) is 19.0. The minimum absolute atomic E-state index is 0.00232. The molecule has 1 N–H and O–H groups in total. The molecule has 0 radical (unpaired) electrons. The Kier molecular flexibility index (Phi) is 4.97. The molecule has 0 saturated heterocycles. The van der Waals surface area contributed by atoms with Gasteiger partial charge in [0.2, 0.25) is 0 Å². The highest BCUT2D eigenvalue weighted by atomic mass is 19.4. The molecule has 25 heavy (non-hydrogen) atoms. The summed E-state index contributed by atoms with van der Waals surface area (Å²) in [7, 11) is 1.35. The number of nitrogens with zero attached hydrogens (tertiary/aromatic N) is 2. The Morgan fingerprint density at radius 3 is 2.20 bits per heavy atom. The van der Waals surface area contributed by atoms with Gasteiger partial charge in [-0.1, -0.05) is 45.0 Å². The summed E-state index contributed by atoms with van der Waals surface area (Å²) in [6.07, 6.45) is -3.60. The molecule has 1 heterocycles. The van der Waals surface area contributed by atoms with Crippen molar-refractivity contribution in [3.8, 4) is 0 Å². The maximum atomic E-state index is 13.0. The van der Waals surface area contributed by atoms with E-state index in [1.54, 1.807) is 6.92 Å². The van der Waals surface area contributed by atoms with E-state index in [1.807, 2.05) is 24.3 Å². The van der Waals surface area contributed by atoms with Gasteiger partial charge in [-0.15, -0.1) is 0 Å². The molecule has 0 bridgehead atoms. The summed E-state index contributed by atoms with van der Waals surface area (Å²) in [5.41, 5.74) is 0.304. The third-order valence-electron chi connectivity index (χ3n) is 3.97. The zero-order valence-corrected chi connectivity index (χ0v) is 14.9. The van der Waals surface area contributed by atoms with Gasteiger partial charge in [0.1, 0.15) is 0 Å². The van der Waals surface area contributed by atoms with Gasteiger partial charge >= 0.3 is 6.18 Å². The predicted octanol–water partition coefficient (Wildman–Crippen LogP) is 4.23. The number of alkyl halides is 3. The van der Waals surface area contributed by atoms with Crippen molar-refractivity contribution >= 4 is 5.91 Å². The number of amides is 1. The Morgan fingerprint density at radius 2 is 1.72 bits per heavy atom. The standard InChI is InChI=1S/C18H22F3N3O/c1-11(12-6-8-13(9-7-12)17(2,3)4)22-16(25)14-10-24(5)23-15(14)18(19,20)21/h6-11H,1-5H3,(H,22,25). The Morgan fingerprint density at radius 1 is 1.16 bits per heavy atom. The number of aromatic nitrogens is 2. The number of hydrogen-bond donors (Lipinski definition) is 1. The van der Waals surface area contributed by atoms with Crippen LogP contribution in [0.4, 0.5) is 13.2 Å². The van der Waals surface area contributed by atoms with E-state index in [-0.39, 0.29) is 5.41 Å². The molecule has 0 aliphatic carbocycles. The van der Waals surface area contributed by atoms with Gasteiger partial charge < -0.3 is 5.32 Å². The fourth-order valence-electron chi connectivity index (χ4n) is 2.49. The number of carbonyl (C=O) groups excluding carboxylic acids is 1. The van der Waals surface area contributed by atoms with Crippen molar-refractivity contribution in [3.63, 3.8) is 0 Å². The van der Waals surface area contributed by atoms with Gasteiger partial charge in [0.15, 0.2) is 5.69 Å². The van der Waals surface area contributed by atoms with E-state index < -0.39 is 29.4 Å². The van der Waals surface area contributed by atoms with Crippen LogP contribution in [0, 0.1) is 0 Å². The second kappa shape index (κ2) is 6.54. The number of aryl methyl sites for hydroxylation is 1. The highest BCUT2D eigenvalue weighted by molar-refractivity contribution is 5.95. The first-order chi connectivity index (χ1) is 11.4. The number of nitrogens with one attached hydrogen (secondary N) is 1. The largest absolute Gasteiger partial charge is 0.435 e. The van der Waals surface area contributed by atoms with Crippen molar-refractivity contribution in [2.45, 2.75) is 45.3 Å². The van der Waals surface area contributed by atoms with Crippen LogP contribution >= 0.6 is 0 Å². The summed E-state index contributed by atoms with van der Waals surface area (Å²) in [5, 5.41) is 5.96. The molecule has 0 saturated carbocycles. The Balaban J connectivity index is 2.18. The number of rotatable bonds is 3. The van der Waals surface area contributed by atoms with Crippen LogP contribution in [0.25, 0.3) is 0 Å². The quantitative estimate of drug-likeness (QED) is 0.898. The number of carbonyl (C=O) groups is 1. The van der Waals surface area contributed by atoms with Crippen LogP contribution in [0.15, 0.2) is 30.5 Å². The number of halogens is 3. The van der Waals surface area contributed by atoms with E-state index in [9.17, 15) is 18.0 Å². The number of benzene rings is 1. The van der Waals surface area contributed by atoms with Gasteiger partial charge in [0, 0.05) is 13.2 Å². The van der Waals surface area contributed by atoms with E-state index >= 15 is 0 Å². The molecule has 1 aromatic heterocycles. The zero-order chi connectivity index (χ0) is 19.0. The molecule has 7 heteroatoms. The van der Waals surface area contributed by atoms with E-state index in [4.69, 9.17) is 0 Å². The van der Waals surface area contributed by atoms with Crippen molar-refractivity contribution in [1.82, 2.24) is 15.1 Å². The summed E-state index contributed by atoms with van der Waals surface area (Å²) >= 11 is 0. The highest BCUT2D eigenvalue weighted by Crippen LogP contribution is 2.31. The SMILES string of the molecule is CC(NC(=O)c1cn(C)nc1C(F)(F)F)c1ccc(C(C)(C)C)cc1. The van der Waals surface area contributed by atoms with Gasteiger partial charge in [0.25, 0.3) is 5.91 Å². The van der Waals surface area contributed by atoms with Crippen molar-refractivity contribution in [2.75, 3.05) is 0 Å². The van der Waals surface area contributed by atoms with Crippen molar-refractivity contribution < 1.29 is 18.0 Å².